The van der Waals surface area contributed by atoms with Gasteiger partial charge in [-0.25, -0.2) is 9.78 Å². The Morgan fingerprint density at radius 3 is 2.72 bits per heavy atom. The largest absolute Gasteiger partial charge is 0.476 e. The first-order valence-electron chi connectivity index (χ1n) is 5.70. The summed E-state index contributed by atoms with van der Waals surface area (Å²) >= 11 is 0. The van der Waals surface area contributed by atoms with Crippen LogP contribution in [0.25, 0.3) is 0 Å². The van der Waals surface area contributed by atoms with Crippen LogP contribution in [-0.2, 0) is 11.3 Å². The number of imidazole rings is 1. The van der Waals surface area contributed by atoms with Crippen LogP contribution in [0.3, 0.4) is 0 Å². The summed E-state index contributed by atoms with van der Waals surface area (Å²) in [5.41, 5.74) is 5.61. The van der Waals surface area contributed by atoms with Gasteiger partial charge in [0.05, 0.1) is 6.33 Å². The third kappa shape index (κ3) is 3.85. The van der Waals surface area contributed by atoms with E-state index in [0.717, 1.165) is 0 Å². The van der Waals surface area contributed by atoms with Gasteiger partial charge < -0.3 is 20.7 Å². The van der Waals surface area contributed by atoms with Crippen molar-refractivity contribution in [2.75, 3.05) is 6.54 Å². The minimum atomic E-state index is -1.07. The van der Waals surface area contributed by atoms with Crippen molar-refractivity contribution in [3.05, 3.63) is 18.2 Å². The molecule has 0 saturated carbocycles. The number of aromatic carboxylic acids is 1. The van der Waals surface area contributed by atoms with Crippen molar-refractivity contribution in [2.45, 2.75) is 26.4 Å². The molecule has 2 unspecified atom stereocenters. The van der Waals surface area contributed by atoms with Crippen LogP contribution < -0.4 is 11.1 Å². The van der Waals surface area contributed by atoms with Crippen molar-refractivity contribution >= 4 is 11.9 Å². The molecular formula is C11H18N4O3. The average Bonchev–Trinajstić information content (AvgIpc) is 2.76. The van der Waals surface area contributed by atoms with Gasteiger partial charge in [-0.3, -0.25) is 4.79 Å². The third-order valence-corrected chi connectivity index (χ3v) is 2.72. The lowest BCUT2D eigenvalue weighted by molar-refractivity contribution is -0.124. The molecule has 0 saturated heterocycles. The first-order chi connectivity index (χ1) is 8.41. The van der Waals surface area contributed by atoms with Crippen LogP contribution in [0, 0.1) is 5.92 Å². The molecule has 0 spiro atoms. The molecule has 0 aliphatic heterocycles. The molecule has 4 N–H and O–H groups in total. The smallest absolute Gasteiger partial charge is 0.356 e. The lowest BCUT2D eigenvalue weighted by Gasteiger charge is -2.15. The number of hydrogen-bond acceptors (Lipinski definition) is 4. The number of amides is 1. The number of aromatic nitrogens is 2. The highest BCUT2D eigenvalue weighted by Crippen LogP contribution is 1.99. The van der Waals surface area contributed by atoms with E-state index in [2.05, 4.69) is 10.3 Å². The normalized spacial score (nSPS) is 13.9. The predicted octanol–water partition coefficient (Wildman–Crippen LogP) is -0.319. The molecule has 18 heavy (non-hydrogen) atoms. The molecule has 1 amide bonds. The van der Waals surface area contributed by atoms with Crippen LogP contribution in [0.5, 0.6) is 0 Å². The van der Waals surface area contributed by atoms with Crippen LogP contribution >= 0.6 is 0 Å². The van der Waals surface area contributed by atoms with Gasteiger partial charge >= 0.3 is 5.97 Å². The number of carboxylic acid groups (broad SMARTS) is 1. The molecule has 1 aromatic rings. The lowest BCUT2D eigenvalue weighted by atomic mass is 10.0. The Balaban J connectivity index is 2.37. The van der Waals surface area contributed by atoms with Gasteiger partial charge in [0.25, 0.3) is 0 Å². The van der Waals surface area contributed by atoms with Crippen LogP contribution in [-0.4, -0.2) is 39.1 Å². The van der Waals surface area contributed by atoms with E-state index in [4.69, 9.17) is 10.8 Å². The maximum Gasteiger partial charge on any atom is 0.356 e. The van der Waals surface area contributed by atoms with Gasteiger partial charge in [0.2, 0.25) is 5.91 Å². The topological polar surface area (TPSA) is 110 Å². The molecule has 0 radical (unpaired) electrons. The van der Waals surface area contributed by atoms with E-state index < -0.39 is 5.97 Å². The minimum absolute atomic E-state index is 0.00900. The van der Waals surface area contributed by atoms with E-state index >= 15 is 0 Å². The van der Waals surface area contributed by atoms with Crippen LogP contribution in [0.15, 0.2) is 12.5 Å². The number of nitrogens with zero attached hydrogens (tertiary/aromatic N) is 2. The van der Waals surface area contributed by atoms with Gasteiger partial charge in [-0.15, -0.1) is 0 Å². The number of hydrogen-bond donors (Lipinski definition) is 3. The van der Waals surface area contributed by atoms with Crippen molar-refractivity contribution in [3.63, 3.8) is 0 Å². The molecule has 0 aromatic carbocycles. The highest BCUT2D eigenvalue weighted by molar-refractivity contribution is 5.84. The summed E-state index contributed by atoms with van der Waals surface area (Å²) in [7, 11) is 0. The Bertz CT molecular complexity index is 428. The summed E-state index contributed by atoms with van der Waals surface area (Å²) < 4.78 is 1.61. The van der Waals surface area contributed by atoms with E-state index in [1.165, 1.54) is 12.5 Å². The first-order valence-corrected chi connectivity index (χ1v) is 5.70. The molecule has 7 nitrogen and oxygen atoms in total. The lowest BCUT2D eigenvalue weighted by Crippen LogP contribution is -2.39. The second-order valence-corrected chi connectivity index (χ2v) is 4.24. The van der Waals surface area contributed by atoms with Gasteiger partial charge in [0, 0.05) is 31.2 Å². The number of carboxylic acids is 1. The fourth-order valence-electron chi connectivity index (χ4n) is 1.30. The summed E-state index contributed by atoms with van der Waals surface area (Å²) in [6.07, 6.45) is 2.84. The van der Waals surface area contributed by atoms with Gasteiger partial charge in [-0.2, -0.15) is 0 Å². The predicted molar refractivity (Wildman–Crippen MR) is 65.0 cm³/mol. The van der Waals surface area contributed by atoms with E-state index in [-0.39, 0.29) is 23.6 Å². The van der Waals surface area contributed by atoms with Crippen LogP contribution in [0.4, 0.5) is 0 Å². The highest BCUT2D eigenvalue weighted by atomic mass is 16.4. The Morgan fingerprint density at radius 2 is 2.22 bits per heavy atom. The maximum absolute atomic E-state index is 11.6. The standard InChI is InChI=1S/C11H18N4O3/c1-7(8(2)12)10(16)13-3-4-15-5-9(11(17)18)14-6-15/h5-8H,3-4,12H2,1-2H3,(H,13,16)(H,17,18). The van der Waals surface area contributed by atoms with E-state index in [1.54, 1.807) is 18.4 Å². The van der Waals surface area contributed by atoms with Crippen molar-refractivity contribution in [3.8, 4) is 0 Å². The third-order valence-electron chi connectivity index (χ3n) is 2.72. The minimum Gasteiger partial charge on any atom is -0.476 e. The second-order valence-electron chi connectivity index (χ2n) is 4.24. The molecule has 0 aliphatic carbocycles. The van der Waals surface area contributed by atoms with Crippen molar-refractivity contribution in [1.29, 1.82) is 0 Å². The van der Waals surface area contributed by atoms with Crippen molar-refractivity contribution in [2.24, 2.45) is 11.7 Å². The van der Waals surface area contributed by atoms with Crippen LogP contribution in [0.1, 0.15) is 24.3 Å². The average molecular weight is 254 g/mol. The number of carbonyl (C=O) groups excluding carboxylic acids is 1. The molecule has 1 aromatic heterocycles. The molecule has 1 rings (SSSR count). The molecule has 100 valence electrons. The van der Waals surface area contributed by atoms with E-state index in [0.29, 0.717) is 13.1 Å². The number of carbonyl (C=O) groups is 2. The quantitative estimate of drug-likeness (QED) is 0.644. The summed E-state index contributed by atoms with van der Waals surface area (Å²) in [5.74, 6) is -1.42. The zero-order valence-electron chi connectivity index (χ0n) is 10.5. The summed E-state index contributed by atoms with van der Waals surface area (Å²) in [6, 6.07) is -0.197. The van der Waals surface area contributed by atoms with Gasteiger partial charge in [-0.1, -0.05) is 6.92 Å². The Morgan fingerprint density at radius 1 is 1.56 bits per heavy atom. The molecule has 7 heteroatoms. The van der Waals surface area contributed by atoms with E-state index in [1.807, 2.05) is 0 Å². The summed E-state index contributed by atoms with van der Waals surface area (Å²) in [5, 5.41) is 11.4. The van der Waals surface area contributed by atoms with Crippen LogP contribution in [0.2, 0.25) is 0 Å². The molecule has 0 fully saturated rings. The molecule has 0 aliphatic rings. The Labute approximate surface area is 105 Å². The summed E-state index contributed by atoms with van der Waals surface area (Å²) in [4.78, 5) is 25.9. The summed E-state index contributed by atoms with van der Waals surface area (Å²) in [6.45, 7) is 4.42. The van der Waals surface area contributed by atoms with E-state index in [9.17, 15) is 9.59 Å². The first kappa shape index (κ1) is 14.2. The molecule has 2 atom stereocenters. The van der Waals surface area contributed by atoms with Gasteiger partial charge in [0.1, 0.15) is 0 Å². The molecule has 0 bridgehead atoms. The SMILES string of the molecule is CC(N)C(C)C(=O)NCCn1cnc(C(=O)O)c1. The number of rotatable bonds is 6. The zero-order valence-corrected chi connectivity index (χ0v) is 10.5. The fourth-order valence-corrected chi connectivity index (χ4v) is 1.30. The Kier molecular flexibility index (Phi) is 4.85. The molecule has 1 heterocycles. The highest BCUT2D eigenvalue weighted by Gasteiger charge is 2.16. The van der Waals surface area contributed by atoms with Gasteiger partial charge in [0.15, 0.2) is 5.69 Å². The maximum atomic E-state index is 11.6. The van der Waals surface area contributed by atoms with Crippen molar-refractivity contribution < 1.29 is 14.7 Å². The second kappa shape index (κ2) is 6.15. The Hall–Kier alpha value is -1.89. The zero-order chi connectivity index (χ0) is 13.7. The number of nitrogens with two attached hydrogens (primary N) is 1. The monoisotopic (exact) mass is 254 g/mol. The van der Waals surface area contributed by atoms with Gasteiger partial charge in [-0.05, 0) is 6.92 Å². The van der Waals surface area contributed by atoms with Crippen molar-refractivity contribution in [1.82, 2.24) is 14.9 Å². The molecular weight excluding hydrogens is 236 g/mol. The fraction of sp³-hybridized carbons (Fsp3) is 0.545. The number of nitrogens with one attached hydrogen (secondary N) is 1.